The number of rotatable bonds is 5. The summed E-state index contributed by atoms with van der Waals surface area (Å²) in [6.07, 6.45) is 7.74. The first-order valence-electron chi connectivity index (χ1n) is 7.11. The fraction of sp³-hybridized carbons (Fsp3) is 0.800. The van der Waals surface area contributed by atoms with Crippen molar-refractivity contribution in [3.63, 3.8) is 0 Å². The molecule has 0 aliphatic heterocycles. The Morgan fingerprint density at radius 3 is 2.53 bits per heavy atom. The molecule has 0 saturated heterocycles. The quantitative estimate of drug-likeness (QED) is 0.900. The van der Waals surface area contributed by atoms with E-state index >= 15 is 0 Å². The standard InChI is InChI=1S/C15H26N2OS/c1-14(2)5-7-15(18-4,8-6-14)13(16-3)9-12-10-17-11-19-12/h10-11,13,16H,5-9H2,1-4H3. The van der Waals surface area contributed by atoms with E-state index in [0.29, 0.717) is 11.5 Å². The number of methoxy groups -OCH3 is 1. The van der Waals surface area contributed by atoms with Gasteiger partial charge in [-0.2, -0.15) is 0 Å². The molecular formula is C15H26N2OS. The summed E-state index contributed by atoms with van der Waals surface area (Å²) in [4.78, 5) is 5.51. The van der Waals surface area contributed by atoms with Crippen LogP contribution in [-0.2, 0) is 11.2 Å². The fourth-order valence-corrected chi connectivity index (χ4v) is 3.78. The molecule has 3 nitrogen and oxygen atoms in total. The molecule has 1 aliphatic rings. The number of thiazole rings is 1. The largest absolute Gasteiger partial charge is 0.377 e. The molecule has 19 heavy (non-hydrogen) atoms. The molecule has 1 fully saturated rings. The van der Waals surface area contributed by atoms with Gasteiger partial charge in [-0.05, 0) is 38.1 Å². The minimum absolute atomic E-state index is 0.0196. The second-order valence-corrected chi connectivity index (χ2v) is 7.42. The van der Waals surface area contributed by atoms with Crippen molar-refractivity contribution in [3.8, 4) is 0 Å². The van der Waals surface area contributed by atoms with Gasteiger partial charge in [0.15, 0.2) is 0 Å². The second-order valence-electron chi connectivity index (χ2n) is 6.45. The highest BCUT2D eigenvalue weighted by Gasteiger charge is 2.43. The van der Waals surface area contributed by atoms with Crippen molar-refractivity contribution < 1.29 is 4.74 Å². The molecule has 0 radical (unpaired) electrons. The average molecular weight is 282 g/mol. The average Bonchev–Trinajstić information content (AvgIpc) is 2.90. The molecule has 1 unspecified atom stereocenters. The fourth-order valence-electron chi connectivity index (χ4n) is 3.14. The third-order valence-corrected chi connectivity index (χ3v) is 5.53. The van der Waals surface area contributed by atoms with Gasteiger partial charge in [-0.15, -0.1) is 11.3 Å². The topological polar surface area (TPSA) is 34.2 Å². The van der Waals surface area contributed by atoms with Crippen LogP contribution in [0.3, 0.4) is 0 Å². The highest BCUT2D eigenvalue weighted by atomic mass is 32.1. The summed E-state index contributed by atoms with van der Waals surface area (Å²) in [5, 5.41) is 3.48. The predicted octanol–water partition coefficient (Wildman–Crippen LogP) is 3.26. The Hall–Kier alpha value is -0.450. The SMILES string of the molecule is CNC(Cc1cncs1)C1(OC)CCC(C)(C)CC1. The summed E-state index contributed by atoms with van der Waals surface area (Å²) in [5.41, 5.74) is 2.35. The highest BCUT2D eigenvalue weighted by molar-refractivity contribution is 7.09. The van der Waals surface area contributed by atoms with Crippen LogP contribution in [0.2, 0.25) is 0 Å². The van der Waals surface area contributed by atoms with E-state index in [2.05, 4.69) is 24.1 Å². The van der Waals surface area contributed by atoms with E-state index in [1.807, 2.05) is 25.9 Å². The van der Waals surface area contributed by atoms with Gasteiger partial charge in [-0.1, -0.05) is 13.8 Å². The Balaban J connectivity index is 2.10. The summed E-state index contributed by atoms with van der Waals surface area (Å²) in [6.45, 7) is 4.73. The van der Waals surface area contributed by atoms with E-state index in [1.54, 1.807) is 11.3 Å². The maximum atomic E-state index is 6.00. The maximum Gasteiger partial charge on any atom is 0.0834 e. The Bertz CT molecular complexity index is 379. The van der Waals surface area contributed by atoms with Crippen molar-refractivity contribution in [2.75, 3.05) is 14.2 Å². The summed E-state index contributed by atoms with van der Waals surface area (Å²) in [7, 11) is 3.92. The van der Waals surface area contributed by atoms with Gasteiger partial charge in [-0.3, -0.25) is 4.98 Å². The summed E-state index contributed by atoms with van der Waals surface area (Å²) in [6, 6.07) is 0.369. The normalized spacial score (nSPS) is 23.2. The van der Waals surface area contributed by atoms with Crippen molar-refractivity contribution in [1.82, 2.24) is 10.3 Å². The molecule has 1 atom stereocenters. The molecule has 1 saturated carbocycles. The number of nitrogens with zero attached hydrogens (tertiary/aromatic N) is 1. The molecule has 1 aromatic heterocycles. The number of hydrogen-bond acceptors (Lipinski definition) is 4. The molecule has 0 amide bonds. The lowest BCUT2D eigenvalue weighted by atomic mass is 9.68. The molecule has 2 rings (SSSR count). The number of ether oxygens (including phenoxy) is 1. The van der Waals surface area contributed by atoms with Gasteiger partial charge in [0.05, 0.1) is 11.1 Å². The molecular weight excluding hydrogens is 256 g/mol. The van der Waals surface area contributed by atoms with Crippen LogP contribution in [0, 0.1) is 5.41 Å². The second kappa shape index (κ2) is 5.90. The summed E-state index contributed by atoms with van der Waals surface area (Å²) in [5.74, 6) is 0. The van der Waals surface area contributed by atoms with E-state index in [1.165, 1.54) is 17.7 Å². The van der Waals surface area contributed by atoms with Crippen molar-refractivity contribution in [2.24, 2.45) is 5.41 Å². The minimum atomic E-state index is -0.0196. The smallest absolute Gasteiger partial charge is 0.0834 e. The van der Waals surface area contributed by atoms with Gasteiger partial charge in [-0.25, -0.2) is 0 Å². The van der Waals surface area contributed by atoms with Gasteiger partial charge >= 0.3 is 0 Å². The van der Waals surface area contributed by atoms with E-state index in [0.717, 1.165) is 19.3 Å². The molecule has 1 heterocycles. The lowest BCUT2D eigenvalue weighted by Crippen LogP contribution is -2.54. The van der Waals surface area contributed by atoms with Gasteiger partial charge in [0.25, 0.3) is 0 Å². The van der Waals surface area contributed by atoms with E-state index in [9.17, 15) is 0 Å². The summed E-state index contributed by atoms with van der Waals surface area (Å²) < 4.78 is 6.00. The third kappa shape index (κ3) is 3.36. The van der Waals surface area contributed by atoms with E-state index in [4.69, 9.17) is 4.74 Å². The molecule has 108 valence electrons. The minimum Gasteiger partial charge on any atom is -0.377 e. The zero-order chi connectivity index (χ0) is 13.9. The maximum absolute atomic E-state index is 6.00. The zero-order valence-electron chi connectivity index (χ0n) is 12.5. The molecule has 0 spiro atoms. The van der Waals surface area contributed by atoms with Gasteiger partial charge in [0, 0.05) is 30.6 Å². The van der Waals surface area contributed by atoms with Crippen molar-refractivity contribution >= 4 is 11.3 Å². The Kier molecular flexibility index (Phi) is 4.64. The van der Waals surface area contributed by atoms with Crippen LogP contribution >= 0.6 is 11.3 Å². The summed E-state index contributed by atoms with van der Waals surface area (Å²) >= 11 is 1.73. The Morgan fingerprint density at radius 2 is 2.05 bits per heavy atom. The Labute approximate surface area is 120 Å². The van der Waals surface area contributed by atoms with Crippen LogP contribution < -0.4 is 5.32 Å². The number of aromatic nitrogens is 1. The van der Waals surface area contributed by atoms with Crippen LogP contribution in [0.4, 0.5) is 0 Å². The third-order valence-electron chi connectivity index (χ3n) is 4.73. The van der Waals surface area contributed by atoms with E-state index in [-0.39, 0.29) is 5.60 Å². The number of hydrogen-bond donors (Lipinski definition) is 1. The van der Waals surface area contributed by atoms with Crippen LogP contribution in [0.25, 0.3) is 0 Å². The lowest BCUT2D eigenvalue weighted by Gasteiger charge is -2.47. The van der Waals surface area contributed by atoms with Crippen molar-refractivity contribution in [2.45, 2.75) is 57.6 Å². The van der Waals surface area contributed by atoms with Crippen LogP contribution in [0.5, 0.6) is 0 Å². The first kappa shape index (κ1) is 14.9. The monoisotopic (exact) mass is 282 g/mol. The van der Waals surface area contributed by atoms with Crippen LogP contribution in [-0.4, -0.2) is 30.8 Å². The molecule has 1 aromatic rings. The van der Waals surface area contributed by atoms with Gasteiger partial charge in [0.1, 0.15) is 0 Å². The van der Waals surface area contributed by atoms with Crippen molar-refractivity contribution in [1.29, 1.82) is 0 Å². The van der Waals surface area contributed by atoms with Gasteiger partial charge in [0.2, 0.25) is 0 Å². The molecule has 0 aromatic carbocycles. The molecule has 4 heteroatoms. The first-order valence-corrected chi connectivity index (χ1v) is 7.99. The highest BCUT2D eigenvalue weighted by Crippen LogP contribution is 2.43. The van der Waals surface area contributed by atoms with Crippen LogP contribution in [0.1, 0.15) is 44.4 Å². The molecule has 0 bridgehead atoms. The van der Waals surface area contributed by atoms with Crippen molar-refractivity contribution in [3.05, 3.63) is 16.6 Å². The number of likely N-dealkylation sites (N-methyl/N-ethyl adjacent to an activating group) is 1. The molecule has 1 aliphatic carbocycles. The van der Waals surface area contributed by atoms with Crippen LogP contribution in [0.15, 0.2) is 11.7 Å². The zero-order valence-corrected chi connectivity index (χ0v) is 13.3. The first-order chi connectivity index (χ1) is 9.01. The Morgan fingerprint density at radius 1 is 1.37 bits per heavy atom. The van der Waals surface area contributed by atoms with Gasteiger partial charge < -0.3 is 10.1 Å². The predicted molar refractivity (Wildman–Crippen MR) is 80.7 cm³/mol. The number of nitrogens with one attached hydrogen (secondary N) is 1. The van der Waals surface area contributed by atoms with E-state index < -0.39 is 0 Å². The molecule has 1 N–H and O–H groups in total. The lowest BCUT2D eigenvalue weighted by molar-refractivity contribution is -0.0846.